The minimum Gasteiger partial charge on any atom is -0.353 e. The Bertz CT molecular complexity index is 450. The van der Waals surface area contributed by atoms with Crippen molar-refractivity contribution in [3.05, 3.63) is 0 Å². The van der Waals surface area contributed by atoms with Crippen molar-refractivity contribution in [3.8, 4) is 6.07 Å². The van der Waals surface area contributed by atoms with E-state index < -0.39 is 0 Å². The Labute approximate surface area is 140 Å². The van der Waals surface area contributed by atoms with Crippen LogP contribution in [0.15, 0.2) is 0 Å². The van der Waals surface area contributed by atoms with Gasteiger partial charge in [-0.2, -0.15) is 5.26 Å². The highest BCUT2D eigenvalue weighted by Crippen LogP contribution is 2.29. The Balaban J connectivity index is 1.89. The van der Waals surface area contributed by atoms with Crippen LogP contribution in [0.25, 0.3) is 0 Å². The number of hydrogen-bond acceptors (Lipinski definition) is 4. The van der Waals surface area contributed by atoms with Crippen LogP contribution >= 0.6 is 0 Å². The van der Waals surface area contributed by atoms with Crippen LogP contribution in [-0.2, 0) is 4.79 Å². The Morgan fingerprint density at radius 2 is 1.96 bits per heavy atom. The van der Waals surface area contributed by atoms with Crippen molar-refractivity contribution in [1.29, 1.82) is 5.26 Å². The largest absolute Gasteiger partial charge is 0.353 e. The highest BCUT2D eigenvalue weighted by atomic mass is 16.2. The van der Waals surface area contributed by atoms with E-state index >= 15 is 0 Å². The van der Waals surface area contributed by atoms with Gasteiger partial charge in [0.05, 0.1) is 12.0 Å². The first-order valence-electron chi connectivity index (χ1n) is 8.90. The van der Waals surface area contributed by atoms with Crippen molar-refractivity contribution >= 4 is 5.91 Å². The fourth-order valence-corrected chi connectivity index (χ4v) is 4.42. The molecular formula is C18H32N4O. The first kappa shape index (κ1) is 18.2. The Hall–Kier alpha value is -1.12. The topological polar surface area (TPSA) is 68.2 Å². The number of carbonyl (C=O) groups is 1. The number of carbonyl (C=O) groups excluding carboxylic acids is 1. The van der Waals surface area contributed by atoms with Gasteiger partial charge in [0.2, 0.25) is 5.91 Å². The predicted octanol–water partition coefficient (Wildman–Crippen LogP) is 2.04. The van der Waals surface area contributed by atoms with E-state index in [0.717, 1.165) is 45.3 Å². The third-order valence-electron chi connectivity index (χ3n) is 4.95. The lowest BCUT2D eigenvalue weighted by Crippen LogP contribution is -2.62. The van der Waals surface area contributed by atoms with Gasteiger partial charge in [0, 0.05) is 36.6 Å². The first-order chi connectivity index (χ1) is 10.7. The number of nitriles is 1. The highest BCUT2D eigenvalue weighted by Gasteiger charge is 2.39. The molecule has 0 bridgehead atoms. The van der Waals surface area contributed by atoms with Crippen LogP contribution in [0.2, 0.25) is 0 Å². The SMILES string of the molecule is CC1(C)CC(NC(=O)C2CCCN(CCC#N)C2)CC(C)(C)N1. The van der Waals surface area contributed by atoms with Crippen molar-refractivity contribution in [2.24, 2.45) is 5.92 Å². The van der Waals surface area contributed by atoms with E-state index in [-0.39, 0.29) is 28.9 Å². The summed E-state index contributed by atoms with van der Waals surface area (Å²) in [5.74, 6) is 0.272. The third kappa shape index (κ3) is 5.47. The molecule has 0 spiro atoms. The smallest absolute Gasteiger partial charge is 0.224 e. The summed E-state index contributed by atoms with van der Waals surface area (Å²) in [7, 11) is 0. The zero-order valence-electron chi connectivity index (χ0n) is 15.1. The van der Waals surface area contributed by atoms with Gasteiger partial charge in [0.15, 0.2) is 0 Å². The molecule has 2 rings (SSSR count). The average molecular weight is 320 g/mol. The molecule has 2 fully saturated rings. The van der Waals surface area contributed by atoms with Crippen molar-refractivity contribution in [3.63, 3.8) is 0 Å². The molecule has 0 aromatic carbocycles. The van der Waals surface area contributed by atoms with Gasteiger partial charge in [0.25, 0.3) is 0 Å². The Kier molecular flexibility index (Phi) is 5.70. The normalized spacial score (nSPS) is 28.0. The number of nitrogens with one attached hydrogen (secondary N) is 2. The van der Waals surface area contributed by atoms with Crippen LogP contribution in [0.5, 0.6) is 0 Å². The lowest BCUT2D eigenvalue weighted by Gasteiger charge is -2.47. The molecule has 0 saturated carbocycles. The minimum absolute atomic E-state index is 0.0467. The molecule has 0 radical (unpaired) electrons. The summed E-state index contributed by atoms with van der Waals surface area (Å²) in [6, 6.07) is 2.43. The molecule has 0 aliphatic carbocycles. The molecule has 2 N–H and O–H groups in total. The van der Waals surface area contributed by atoms with E-state index in [9.17, 15) is 4.79 Å². The molecule has 2 aliphatic rings. The van der Waals surface area contributed by atoms with Gasteiger partial charge in [-0.15, -0.1) is 0 Å². The molecule has 1 atom stereocenters. The van der Waals surface area contributed by atoms with Gasteiger partial charge in [-0.05, 0) is 59.9 Å². The van der Waals surface area contributed by atoms with Gasteiger partial charge in [-0.1, -0.05) is 0 Å². The van der Waals surface area contributed by atoms with Crippen LogP contribution < -0.4 is 10.6 Å². The van der Waals surface area contributed by atoms with Gasteiger partial charge >= 0.3 is 0 Å². The summed E-state index contributed by atoms with van der Waals surface area (Å²) in [5, 5.41) is 15.7. The van der Waals surface area contributed by atoms with Crippen molar-refractivity contribution in [2.75, 3.05) is 19.6 Å². The molecule has 2 saturated heterocycles. The number of nitrogens with zero attached hydrogens (tertiary/aromatic N) is 2. The average Bonchev–Trinajstić information content (AvgIpc) is 2.42. The highest BCUT2D eigenvalue weighted by molar-refractivity contribution is 5.79. The molecule has 5 nitrogen and oxygen atoms in total. The Morgan fingerprint density at radius 3 is 2.57 bits per heavy atom. The third-order valence-corrected chi connectivity index (χ3v) is 4.95. The van der Waals surface area contributed by atoms with Crippen molar-refractivity contribution < 1.29 is 4.79 Å². The van der Waals surface area contributed by atoms with Crippen LogP contribution in [0.3, 0.4) is 0 Å². The quantitative estimate of drug-likeness (QED) is 0.832. The molecule has 1 amide bonds. The summed E-state index contributed by atoms with van der Waals surface area (Å²) in [6.07, 6.45) is 4.49. The maximum Gasteiger partial charge on any atom is 0.224 e. The summed E-state index contributed by atoms with van der Waals surface area (Å²) < 4.78 is 0. The molecule has 1 unspecified atom stereocenters. The van der Waals surface area contributed by atoms with E-state index in [2.05, 4.69) is 49.3 Å². The summed E-state index contributed by atoms with van der Waals surface area (Å²) >= 11 is 0. The molecule has 0 aromatic rings. The van der Waals surface area contributed by atoms with Crippen molar-refractivity contribution in [2.45, 2.75) is 76.9 Å². The van der Waals surface area contributed by atoms with E-state index in [0.29, 0.717) is 6.42 Å². The lowest BCUT2D eigenvalue weighted by atomic mass is 9.79. The molecule has 23 heavy (non-hydrogen) atoms. The number of hydrogen-bond donors (Lipinski definition) is 2. The molecular weight excluding hydrogens is 288 g/mol. The van der Waals surface area contributed by atoms with Crippen LogP contribution in [0.1, 0.15) is 59.8 Å². The second-order valence-electron chi connectivity index (χ2n) is 8.55. The van der Waals surface area contributed by atoms with Crippen LogP contribution in [0, 0.1) is 17.2 Å². The van der Waals surface area contributed by atoms with E-state index in [1.807, 2.05) is 0 Å². The Morgan fingerprint density at radius 1 is 1.30 bits per heavy atom. The maximum atomic E-state index is 12.7. The fraction of sp³-hybridized carbons (Fsp3) is 0.889. The molecule has 5 heteroatoms. The number of amides is 1. The van der Waals surface area contributed by atoms with Crippen LogP contribution in [-0.4, -0.2) is 47.6 Å². The minimum atomic E-state index is 0.0467. The zero-order valence-corrected chi connectivity index (χ0v) is 15.1. The maximum absolute atomic E-state index is 12.7. The molecule has 2 heterocycles. The number of rotatable bonds is 4. The molecule has 0 aromatic heterocycles. The van der Waals surface area contributed by atoms with Gasteiger partial charge in [-0.25, -0.2) is 0 Å². The summed E-state index contributed by atoms with van der Waals surface area (Å²) in [6.45, 7) is 11.4. The zero-order chi connectivity index (χ0) is 17.1. The number of likely N-dealkylation sites (tertiary alicyclic amines) is 1. The molecule has 2 aliphatic heterocycles. The van der Waals surface area contributed by atoms with E-state index in [1.54, 1.807) is 0 Å². The van der Waals surface area contributed by atoms with E-state index in [1.165, 1.54) is 0 Å². The second-order valence-corrected chi connectivity index (χ2v) is 8.55. The monoisotopic (exact) mass is 320 g/mol. The number of piperidine rings is 2. The lowest BCUT2D eigenvalue weighted by molar-refractivity contribution is -0.128. The predicted molar refractivity (Wildman–Crippen MR) is 91.9 cm³/mol. The van der Waals surface area contributed by atoms with Gasteiger partial charge < -0.3 is 15.5 Å². The fourth-order valence-electron chi connectivity index (χ4n) is 4.42. The standard InChI is InChI=1S/C18H32N4O/c1-17(2)11-15(12-18(3,4)21-17)20-16(23)14-7-5-9-22(13-14)10-6-8-19/h14-15,21H,5-7,9-13H2,1-4H3,(H,20,23). The van der Waals surface area contributed by atoms with Crippen LogP contribution in [0.4, 0.5) is 0 Å². The van der Waals surface area contributed by atoms with Gasteiger partial charge in [0.1, 0.15) is 0 Å². The first-order valence-corrected chi connectivity index (χ1v) is 8.90. The van der Waals surface area contributed by atoms with Gasteiger partial charge in [-0.3, -0.25) is 4.79 Å². The van der Waals surface area contributed by atoms with Crippen molar-refractivity contribution in [1.82, 2.24) is 15.5 Å². The second kappa shape index (κ2) is 7.19. The summed E-state index contributed by atoms with van der Waals surface area (Å²) in [4.78, 5) is 14.9. The summed E-state index contributed by atoms with van der Waals surface area (Å²) in [5.41, 5.74) is 0.0934. The molecule has 130 valence electrons. The van der Waals surface area contributed by atoms with E-state index in [4.69, 9.17) is 5.26 Å².